The smallest absolute Gasteiger partial charge is 0.295 e. The molecule has 0 bridgehead atoms. The Morgan fingerprint density at radius 3 is 1.13 bits per heavy atom. The lowest BCUT2D eigenvalue weighted by atomic mass is 10.1. The van der Waals surface area contributed by atoms with Crippen LogP contribution in [-0.4, -0.2) is 75.1 Å². The molecule has 534 valence electrons. The van der Waals surface area contributed by atoms with E-state index >= 15 is 0 Å². The van der Waals surface area contributed by atoms with E-state index in [1.165, 1.54) is 60.7 Å². The molecule has 0 saturated heterocycles. The Balaban J connectivity index is 0.865. The highest BCUT2D eigenvalue weighted by molar-refractivity contribution is 7.95. The van der Waals surface area contributed by atoms with Crippen molar-refractivity contribution in [3.8, 4) is 11.1 Å². The maximum atomic E-state index is 12.9. The number of azo groups is 2. The molecule has 104 heavy (non-hydrogen) atoms. The first-order valence-electron chi connectivity index (χ1n) is 29.0. The summed E-state index contributed by atoms with van der Waals surface area (Å²) >= 11 is 23.2. The number of thiocarbonyl (C=S) groups is 4. The van der Waals surface area contributed by atoms with Crippen molar-refractivity contribution in [1.82, 2.24) is 0 Å². The first kappa shape index (κ1) is 77.2. The molecule has 10 rings (SSSR count). The van der Waals surface area contributed by atoms with Crippen LogP contribution in [0.15, 0.2) is 232 Å². The van der Waals surface area contributed by atoms with Crippen LogP contribution in [0.5, 0.6) is 0 Å². The van der Waals surface area contributed by atoms with E-state index < -0.39 is 45.0 Å². The zero-order valence-electron chi connectivity index (χ0n) is 52.2. The Morgan fingerprint density at radius 1 is 0.375 bits per heavy atom. The van der Waals surface area contributed by atoms with Crippen LogP contribution < -0.4 is 43.4 Å². The lowest BCUT2D eigenvalue weighted by molar-refractivity contribution is -0.432. The van der Waals surface area contributed by atoms with E-state index in [-0.39, 0.29) is 70.8 Å². The van der Waals surface area contributed by atoms with Crippen LogP contribution >= 0.6 is 85.0 Å². The van der Waals surface area contributed by atoms with Crippen LogP contribution in [0.1, 0.15) is 22.3 Å². The number of benzene rings is 10. The number of hydrogen-bond acceptors (Lipinski definition) is 26. The molecule has 0 aromatic heterocycles. The standard InChI is InChI=1S/C64H50N12O18S10/c65-61(95)67-43-25-17-37(53(29-43)99-92-89-77)9-12-40-20-28-46(32-57(40)103(83,84)85)70-64(98)71-59-49-7-3-1-5-47(49)55(101-94-91-79)33-51(59)75-73-41-21-13-35(14-22-41)36-15-23-42(24-16-36)74-76-52-34-58(104(86,87)88)48-6-2-4-8-50(48)60(52)72-63(97)69-44-26-18-38(54(30-44)100-93-90-78)10-11-39-19-27-45(68-62(66)96)31-56(39)102(80,81)82/h1-34,77-79H,(H3,65,67,95)(H3,66,68,96)(H2,69,72,97)(H2,70,71,98)(H,80,81,82)(H,83,84,85)(H,86,87,88)/b11-10+,12-9+,75-73?,76-74?. The molecule has 0 amide bonds. The highest BCUT2D eigenvalue weighted by Gasteiger charge is 2.23. The van der Waals surface area contributed by atoms with Gasteiger partial charge in [-0.05, 0) is 173 Å². The Morgan fingerprint density at radius 2 is 0.721 bits per heavy atom. The fourth-order valence-corrected chi connectivity index (χ4v) is 14.3. The average Bonchev–Trinajstić information content (AvgIpc) is 0.542. The van der Waals surface area contributed by atoms with E-state index in [9.17, 15) is 38.9 Å². The molecule has 30 nitrogen and oxygen atoms in total. The summed E-state index contributed by atoms with van der Waals surface area (Å²) in [4.78, 5) is -0.274. The average molecular weight is 1600 g/mol. The van der Waals surface area contributed by atoms with Gasteiger partial charge >= 0.3 is 0 Å². The molecule has 0 heterocycles. The molecule has 0 aliphatic heterocycles. The van der Waals surface area contributed by atoms with Crippen molar-refractivity contribution in [3.05, 3.63) is 204 Å². The first-order chi connectivity index (χ1) is 49.7. The van der Waals surface area contributed by atoms with Gasteiger partial charge in [-0.25, -0.2) is 15.8 Å². The number of nitrogens with zero attached hydrogens (tertiary/aromatic N) is 4. The van der Waals surface area contributed by atoms with E-state index in [1.54, 1.807) is 133 Å². The Hall–Kier alpha value is -9.42. The summed E-state index contributed by atoms with van der Waals surface area (Å²) in [6.07, 6.45) is 5.86. The van der Waals surface area contributed by atoms with Crippen molar-refractivity contribution in [3.63, 3.8) is 0 Å². The quantitative estimate of drug-likeness (QED) is 0.00432. The first-order valence-corrected chi connectivity index (χ1v) is 37.2. The van der Waals surface area contributed by atoms with Crippen molar-refractivity contribution < 1.29 is 82.8 Å². The number of anilines is 6. The van der Waals surface area contributed by atoms with Crippen LogP contribution in [0.2, 0.25) is 0 Å². The maximum Gasteiger partial charge on any atom is 0.295 e. The van der Waals surface area contributed by atoms with Crippen LogP contribution in [0.4, 0.5) is 56.9 Å². The SMILES string of the molecule is NC(=S)Nc1ccc(/C=C/c2ccc(NC(=S)Nc3c(N=Nc4ccc(-c5ccc(N=Nc6cc(S(=O)(=O)O)c7ccccc7c6NC(=S)Nc6ccc(/C=C/c7ccc(NC(N)=S)cc7S(=O)(=O)O)c(SOOO)c6)cc5)cc4)cc(SOOO)c4ccccc34)cc2S(=O)(=O)O)c(SOOO)c1. The summed E-state index contributed by atoms with van der Waals surface area (Å²) in [5, 5.41) is 75.4. The molecular weight excluding hydrogens is 1550 g/mol. The normalized spacial score (nSPS) is 12.0. The number of hydrogen-bond donors (Lipinski definition) is 14. The fourth-order valence-electron chi connectivity index (χ4n) is 9.96. The van der Waals surface area contributed by atoms with Crippen LogP contribution in [0, 0.1) is 0 Å². The van der Waals surface area contributed by atoms with Gasteiger partial charge in [-0.2, -0.15) is 35.5 Å². The summed E-state index contributed by atoms with van der Waals surface area (Å²) in [6, 6.07) is 47.7. The van der Waals surface area contributed by atoms with Crippen molar-refractivity contribution >= 4 is 239 Å². The molecule has 10 aromatic rings. The van der Waals surface area contributed by atoms with Gasteiger partial charge in [0.2, 0.25) is 0 Å². The van der Waals surface area contributed by atoms with Crippen molar-refractivity contribution in [1.29, 1.82) is 0 Å². The summed E-state index contributed by atoms with van der Waals surface area (Å²) in [5.41, 5.74) is 16.3. The second kappa shape index (κ2) is 34.9. The summed E-state index contributed by atoms with van der Waals surface area (Å²) in [5.74, 6) is 0. The van der Waals surface area contributed by atoms with Gasteiger partial charge in [0.05, 0.1) is 58.9 Å². The fraction of sp³-hybridized carbons (Fsp3) is 0. The predicted octanol–water partition coefficient (Wildman–Crippen LogP) is 16.8. The molecule has 0 spiro atoms. The van der Waals surface area contributed by atoms with Gasteiger partial charge in [0.25, 0.3) is 30.4 Å². The van der Waals surface area contributed by atoms with Gasteiger partial charge in [-0.1, -0.05) is 136 Å². The molecule has 0 aliphatic carbocycles. The van der Waals surface area contributed by atoms with Crippen molar-refractivity contribution in [2.24, 2.45) is 31.9 Å². The molecule has 0 radical (unpaired) electrons. The highest BCUT2D eigenvalue weighted by atomic mass is 32.2. The third kappa shape index (κ3) is 20.5. The second-order valence-electron chi connectivity index (χ2n) is 21.0. The highest BCUT2D eigenvalue weighted by Crippen LogP contribution is 2.43. The van der Waals surface area contributed by atoms with E-state index in [0.717, 1.165) is 23.3 Å². The Kier molecular flexibility index (Phi) is 25.9. The third-order valence-corrected chi connectivity index (χ3v) is 19.6. The van der Waals surface area contributed by atoms with Gasteiger partial charge in [-0.15, -0.1) is 23.2 Å². The summed E-state index contributed by atoms with van der Waals surface area (Å²) < 4.78 is 121. The minimum atomic E-state index is -4.85. The molecule has 0 unspecified atom stereocenters. The van der Waals surface area contributed by atoms with Gasteiger partial charge in [0.15, 0.2) is 20.4 Å². The van der Waals surface area contributed by atoms with Gasteiger partial charge in [0, 0.05) is 53.6 Å². The molecule has 40 heteroatoms. The van der Waals surface area contributed by atoms with Gasteiger partial charge in [0.1, 0.15) is 26.1 Å². The summed E-state index contributed by atoms with van der Waals surface area (Å²) in [6.45, 7) is 0. The monoisotopic (exact) mass is 1590 g/mol. The van der Waals surface area contributed by atoms with Gasteiger partial charge in [-0.3, -0.25) is 13.7 Å². The molecule has 10 aromatic carbocycles. The van der Waals surface area contributed by atoms with E-state index in [2.05, 4.69) is 71.8 Å². The lowest BCUT2D eigenvalue weighted by Crippen LogP contribution is -2.19. The minimum absolute atomic E-state index is 0.0114. The minimum Gasteiger partial charge on any atom is -0.376 e. The van der Waals surface area contributed by atoms with Crippen LogP contribution in [-0.2, 0) is 58.5 Å². The number of nitrogens with two attached hydrogens (primary N) is 2. The maximum absolute atomic E-state index is 12.9. The zero-order valence-corrected chi connectivity index (χ0v) is 60.4. The lowest BCUT2D eigenvalue weighted by Gasteiger charge is -2.17. The largest absolute Gasteiger partial charge is 0.376 e. The van der Waals surface area contributed by atoms with E-state index in [4.69, 9.17) is 84.8 Å². The number of fused-ring (bicyclic) bond motifs is 2. The number of nitrogens with one attached hydrogen (secondary N) is 6. The predicted molar refractivity (Wildman–Crippen MR) is 414 cm³/mol. The Labute approximate surface area is 625 Å². The second-order valence-corrected chi connectivity index (χ2v) is 29.1. The van der Waals surface area contributed by atoms with E-state index in [1.807, 2.05) is 0 Å². The van der Waals surface area contributed by atoms with Crippen LogP contribution in [0.25, 0.3) is 57.0 Å². The third-order valence-electron chi connectivity index (χ3n) is 14.3. The van der Waals surface area contributed by atoms with Crippen molar-refractivity contribution in [2.75, 3.05) is 31.9 Å². The van der Waals surface area contributed by atoms with Crippen molar-refractivity contribution in [2.45, 2.75) is 29.4 Å². The summed E-state index contributed by atoms with van der Waals surface area (Å²) in [7, 11) is -14.4. The topological polar surface area (TPSA) is 453 Å². The van der Waals surface area contributed by atoms with Crippen LogP contribution in [0.3, 0.4) is 0 Å². The number of rotatable bonds is 27. The molecule has 0 fully saturated rings. The molecule has 0 saturated carbocycles. The molecule has 16 N–H and O–H groups in total. The molecular formula is C64H50N12O18S10. The molecule has 0 aliphatic rings. The Bertz CT molecular complexity index is 5480. The van der Waals surface area contributed by atoms with E-state index in [0.29, 0.717) is 101 Å². The zero-order chi connectivity index (χ0) is 74.3. The van der Waals surface area contributed by atoms with Gasteiger partial charge < -0.3 is 43.4 Å². The molecule has 0 atom stereocenters.